The summed E-state index contributed by atoms with van der Waals surface area (Å²) in [5.74, 6) is 0.206. The van der Waals surface area contributed by atoms with Crippen molar-refractivity contribution in [2.75, 3.05) is 4.90 Å². The van der Waals surface area contributed by atoms with Crippen molar-refractivity contribution in [3.8, 4) is 17.2 Å². The molecule has 3 aromatic carbocycles. The largest absolute Gasteiger partial charge is 0.332 e. The van der Waals surface area contributed by atoms with Crippen LogP contribution in [0.25, 0.3) is 39.9 Å². The second kappa shape index (κ2) is 9.14. The average Bonchev–Trinajstić information content (AvgIpc) is 3.54. The van der Waals surface area contributed by atoms with E-state index in [1.807, 2.05) is 0 Å². The maximum absolute atomic E-state index is 9.93. The number of fused-ring (bicyclic) bond motifs is 6. The summed E-state index contributed by atoms with van der Waals surface area (Å²) in [4.78, 5) is 2.40. The van der Waals surface area contributed by atoms with Crippen molar-refractivity contribution < 1.29 is 0 Å². The molecule has 2 heterocycles. The molecule has 3 heteroatoms. The van der Waals surface area contributed by atoms with Crippen LogP contribution in [-0.4, -0.2) is 10.6 Å². The number of benzene rings is 3. The molecule has 0 spiro atoms. The van der Waals surface area contributed by atoms with E-state index in [1.165, 1.54) is 49.5 Å². The Morgan fingerprint density at radius 3 is 2.48 bits per heavy atom. The van der Waals surface area contributed by atoms with E-state index in [2.05, 4.69) is 131 Å². The van der Waals surface area contributed by atoms with Crippen LogP contribution < -0.4 is 15.5 Å². The van der Waals surface area contributed by atoms with Crippen LogP contribution in [0.4, 0.5) is 5.69 Å². The fourth-order valence-electron chi connectivity index (χ4n) is 7.14. The van der Waals surface area contributed by atoms with Crippen LogP contribution in [0.3, 0.4) is 0 Å². The van der Waals surface area contributed by atoms with E-state index >= 15 is 0 Å². The van der Waals surface area contributed by atoms with Crippen LogP contribution in [0.1, 0.15) is 37.2 Å². The lowest BCUT2D eigenvalue weighted by atomic mass is 9.89. The third-order valence-electron chi connectivity index (χ3n) is 8.81. The van der Waals surface area contributed by atoms with Crippen molar-refractivity contribution in [1.82, 2.24) is 4.57 Å². The molecule has 40 heavy (non-hydrogen) atoms. The van der Waals surface area contributed by atoms with Gasteiger partial charge in [0.2, 0.25) is 0 Å². The molecule has 4 aliphatic rings. The van der Waals surface area contributed by atoms with E-state index in [0.29, 0.717) is 0 Å². The van der Waals surface area contributed by atoms with Gasteiger partial charge in [0.05, 0.1) is 22.8 Å². The van der Waals surface area contributed by atoms with Gasteiger partial charge < -0.3 is 9.47 Å². The highest BCUT2D eigenvalue weighted by Gasteiger charge is 2.40. The van der Waals surface area contributed by atoms with Crippen LogP contribution in [-0.2, 0) is 0 Å². The van der Waals surface area contributed by atoms with Gasteiger partial charge in [0, 0.05) is 33.3 Å². The highest BCUT2D eigenvalue weighted by Crippen LogP contribution is 2.48. The van der Waals surface area contributed by atoms with E-state index in [0.717, 1.165) is 37.0 Å². The van der Waals surface area contributed by atoms with E-state index in [1.54, 1.807) is 0 Å². The Morgan fingerprint density at radius 1 is 0.775 bits per heavy atom. The Morgan fingerprint density at radius 2 is 1.57 bits per heavy atom. The summed E-state index contributed by atoms with van der Waals surface area (Å²) in [6, 6.07) is 28.8. The van der Waals surface area contributed by atoms with Crippen LogP contribution >= 0.6 is 0 Å². The molecule has 1 aromatic heterocycles. The molecule has 3 aliphatic carbocycles. The minimum Gasteiger partial charge on any atom is -0.332 e. The van der Waals surface area contributed by atoms with E-state index in [-0.39, 0.29) is 12.0 Å². The van der Waals surface area contributed by atoms with E-state index < -0.39 is 0 Å². The van der Waals surface area contributed by atoms with E-state index in [9.17, 15) is 5.26 Å². The minimum atomic E-state index is 0.148. The van der Waals surface area contributed by atoms with Gasteiger partial charge in [-0.25, -0.2) is 0 Å². The SMILES string of the molecule is N#CC1=CCCC=C1N1c2ccccc2C2C=C(n3c4c(c5c(-c6ccccc6)cccc53)=CCCC=4)C=CC21. The zero-order chi connectivity index (χ0) is 26.6. The maximum atomic E-state index is 9.93. The number of nitriles is 1. The minimum absolute atomic E-state index is 0.148. The number of hydrogen-bond acceptors (Lipinski definition) is 2. The number of para-hydroxylation sites is 1. The molecule has 2 atom stereocenters. The third-order valence-corrected chi connectivity index (χ3v) is 8.81. The van der Waals surface area contributed by atoms with Gasteiger partial charge in [0.15, 0.2) is 0 Å². The van der Waals surface area contributed by atoms with Gasteiger partial charge in [-0.15, -0.1) is 0 Å². The summed E-state index contributed by atoms with van der Waals surface area (Å²) < 4.78 is 2.48. The Balaban J connectivity index is 1.32. The summed E-state index contributed by atoms with van der Waals surface area (Å²) in [5, 5.41) is 13.9. The van der Waals surface area contributed by atoms with Gasteiger partial charge in [-0.1, -0.05) is 97.1 Å². The number of rotatable bonds is 3. The molecule has 0 saturated heterocycles. The summed E-state index contributed by atoms with van der Waals surface area (Å²) in [7, 11) is 0. The van der Waals surface area contributed by atoms with Gasteiger partial charge in [0.1, 0.15) is 6.07 Å². The lowest BCUT2D eigenvalue weighted by Gasteiger charge is -2.32. The lowest BCUT2D eigenvalue weighted by Crippen LogP contribution is -2.35. The summed E-state index contributed by atoms with van der Waals surface area (Å²) in [6.07, 6.45) is 20.3. The first-order valence-electron chi connectivity index (χ1n) is 14.3. The molecule has 0 bridgehead atoms. The quantitative estimate of drug-likeness (QED) is 0.290. The second-order valence-electron chi connectivity index (χ2n) is 11.0. The molecule has 0 saturated carbocycles. The first kappa shape index (κ1) is 23.1. The second-order valence-corrected chi connectivity index (χ2v) is 11.0. The van der Waals surface area contributed by atoms with Crippen molar-refractivity contribution >= 4 is 34.4 Å². The van der Waals surface area contributed by atoms with Crippen molar-refractivity contribution in [3.05, 3.63) is 131 Å². The lowest BCUT2D eigenvalue weighted by molar-refractivity contribution is 0.720. The van der Waals surface area contributed by atoms with Crippen molar-refractivity contribution in [2.24, 2.45) is 0 Å². The van der Waals surface area contributed by atoms with Gasteiger partial charge in [0.25, 0.3) is 0 Å². The number of hydrogen-bond donors (Lipinski definition) is 0. The summed E-state index contributed by atoms with van der Waals surface area (Å²) in [5.41, 5.74) is 9.38. The highest BCUT2D eigenvalue weighted by atomic mass is 15.2. The van der Waals surface area contributed by atoms with Crippen molar-refractivity contribution in [1.29, 1.82) is 5.26 Å². The first-order chi connectivity index (χ1) is 19.8. The molecular formula is C37H29N3. The average molecular weight is 516 g/mol. The van der Waals surface area contributed by atoms with Crippen LogP contribution in [0.2, 0.25) is 0 Å². The molecule has 8 rings (SSSR count). The third kappa shape index (κ3) is 3.36. The molecule has 0 fully saturated rings. The first-order valence-corrected chi connectivity index (χ1v) is 14.3. The van der Waals surface area contributed by atoms with Gasteiger partial charge in [-0.05, 0) is 60.6 Å². The molecule has 0 radical (unpaired) electrons. The molecule has 192 valence electrons. The van der Waals surface area contributed by atoms with Gasteiger partial charge in [-0.2, -0.15) is 5.26 Å². The zero-order valence-corrected chi connectivity index (χ0v) is 22.3. The highest BCUT2D eigenvalue weighted by molar-refractivity contribution is 5.99. The standard InChI is InChI=1S/C37H29N3/c38-24-26-13-4-7-17-32(26)40-33-18-8-5-14-29(33)31-23-27(21-22-35(31)40)39-34-19-9-6-15-30(34)37-28(16-10-20-36(37)39)25-11-2-1-3-12-25/h1-3,5,8,10-23,31,35H,4,6-7,9H2. The van der Waals surface area contributed by atoms with Gasteiger partial charge in [-0.3, -0.25) is 0 Å². The number of aromatic nitrogens is 1. The molecule has 1 aliphatic heterocycles. The normalized spacial score (nSPS) is 20.8. The van der Waals surface area contributed by atoms with Crippen molar-refractivity contribution in [2.45, 2.75) is 37.6 Å². The number of allylic oxidation sites excluding steroid dienone is 5. The smallest absolute Gasteiger partial charge is 0.101 e. The molecule has 4 aromatic rings. The fraction of sp³-hybridized carbons (Fsp3) is 0.162. The Labute approximate surface area is 234 Å². The number of nitrogens with zero attached hydrogens (tertiary/aromatic N) is 3. The summed E-state index contributed by atoms with van der Waals surface area (Å²) >= 11 is 0. The van der Waals surface area contributed by atoms with Crippen LogP contribution in [0.15, 0.2) is 114 Å². The Bertz CT molecular complexity index is 1970. The maximum Gasteiger partial charge on any atom is 0.101 e. The molecular weight excluding hydrogens is 486 g/mol. The zero-order valence-electron chi connectivity index (χ0n) is 22.3. The molecule has 0 amide bonds. The fourth-order valence-corrected chi connectivity index (χ4v) is 7.14. The van der Waals surface area contributed by atoms with Crippen LogP contribution in [0.5, 0.6) is 0 Å². The van der Waals surface area contributed by atoms with Gasteiger partial charge >= 0.3 is 0 Å². The van der Waals surface area contributed by atoms with Crippen molar-refractivity contribution in [3.63, 3.8) is 0 Å². The monoisotopic (exact) mass is 515 g/mol. The topological polar surface area (TPSA) is 32.0 Å². The van der Waals surface area contributed by atoms with E-state index in [4.69, 9.17) is 0 Å². The Kier molecular flexibility index (Phi) is 5.28. The Hall–Kier alpha value is -4.81. The molecule has 3 nitrogen and oxygen atoms in total. The molecule has 2 unspecified atom stereocenters. The predicted molar refractivity (Wildman–Crippen MR) is 165 cm³/mol. The molecule has 0 N–H and O–H groups in total. The van der Waals surface area contributed by atoms with Crippen LogP contribution in [0, 0.1) is 11.3 Å². The summed E-state index contributed by atoms with van der Waals surface area (Å²) in [6.45, 7) is 0. The predicted octanol–water partition coefficient (Wildman–Crippen LogP) is 7.17. The number of anilines is 1.